The van der Waals surface area contributed by atoms with Crippen molar-refractivity contribution < 1.29 is 13.6 Å². The molecule has 1 amide bonds. The van der Waals surface area contributed by atoms with Crippen molar-refractivity contribution in [3.05, 3.63) is 65.2 Å². The van der Waals surface area contributed by atoms with Gasteiger partial charge in [0.1, 0.15) is 17.6 Å². The lowest BCUT2D eigenvalue weighted by atomic mass is 9.88. The molecular weight excluding hydrogens is 422 g/mol. The highest BCUT2D eigenvalue weighted by Gasteiger charge is 2.40. The van der Waals surface area contributed by atoms with Crippen LogP contribution in [0.15, 0.2) is 66.8 Å². The number of nitrogens with zero attached hydrogens (tertiary/aromatic N) is 3. The van der Waals surface area contributed by atoms with Crippen LogP contribution in [0.25, 0.3) is 6.08 Å². The van der Waals surface area contributed by atoms with Gasteiger partial charge in [-0.15, -0.1) is 10.2 Å². The summed E-state index contributed by atoms with van der Waals surface area (Å²) in [5.41, 5.74) is 12.3. The van der Waals surface area contributed by atoms with Crippen LogP contribution in [0.5, 0.6) is 0 Å². The van der Waals surface area contributed by atoms with E-state index in [0.29, 0.717) is 9.47 Å². The lowest BCUT2D eigenvalue weighted by Crippen LogP contribution is -2.41. The van der Waals surface area contributed by atoms with Gasteiger partial charge in [-0.3, -0.25) is 10.2 Å². The molecule has 30 heavy (non-hydrogen) atoms. The molecule has 5 rings (SSSR count). The Balaban J connectivity index is 1.43. The average molecular weight is 442 g/mol. The van der Waals surface area contributed by atoms with Crippen LogP contribution in [0.3, 0.4) is 0 Å². The standard InChI is InChI=1S/C20H19N5O3S2/c21-19-22-23-20(30-19)29-11-16(26)25-18(15-7-3-9-28-15)14-6-1-4-12(17(14)24-25)10-13-5-2-8-27-13/h2-3,5,7-10,18,24H,1,4,6,11H2,(H2,21,22)/b12-10+/t18-/m0/s1. The predicted molar refractivity (Wildman–Crippen MR) is 114 cm³/mol. The summed E-state index contributed by atoms with van der Waals surface area (Å²) in [6, 6.07) is 7.27. The number of amides is 1. The van der Waals surface area contributed by atoms with E-state index >= 15 is 0 Å². The van der Waals surface area contributed by atoms with E-state index in [0.717, 1.165) is 47.6 Å². The smallest absolute Gasteiger partial charge is 0.252 e. The first-order chi connectivity index (χ1) is 14.7. The van der Waals surface area contributed by atoms with Crippen molar-refractivity contribution in [3.63, 3.8) is 0 Å². The van der Waals surface area contributed by atoms with E-state index in [9.17, 15) is 4.79 Å². The van der Waals surface area contributed by atoms with Gasteiger partial charge in [0.25, 0.3) is 5.91 Å². The molecule has 0 fully saturated rings. The number of allylic oxidation sites excluding steroid dienone is 1. The summed E-state index contributed by atoms with van der Waals surface area (Å²) in [6.07, 6.45) is 8.15. The van der Waals surface area contributed by atoms with Gasteiger partial charge in [-0.25, -0.2) is 5.01 Å². The first kappa shape index (κ1) is 19.0. The van der Waals surface area contributed by atoms with E-state index in [2.05, 4.69) is 15.6 Å². The Labute approximate surface area is 180 Å². The normalized spacial score (nSPS) is 19.9. The second kappa shape index (κ2) is 8.04. The SMILES string of the molecule is Nc1nnc(SCC(=O)N2NC3=C(CCC/C3=C\c3ccco3)[C@H]2c2ccco2)s1. The number of thioether (sulfide) groups is 1. The van der Waals surface area contributed by atoms with Crippen LogP contribution in [0, 0.1) is 0 Å². The molecule has 0 unspecified atom stereocenters. The Morgan fingerprint density at radius 3 is 2.90 bits per heavy atom. The zero-order valence-electron chi connectivity index (χ0n) is 15.9. The van der Waals surface area contributed by atoms with Gasteiger partial charge >= 0.3 is 0 Å². The van der Waals surface area contributed by atoms with Gasteiger partial charge in [0, 0.05) is 0 Å². The van der Waals surface area contributed by atoms with Crippen molar-refractivity contribution >= 4 is 40.2 Å². The summed E-state index contributed by atoms with van der Waals surface area (Å²) >= 11 is 2.60. The number of hydrazine groups is 1. The van der Waals surface area contributed by atoms with Gasteiger partial charge in [0.2, 0.25) is 5.13 Å². The first-order valence-corrected chi connectivity index (χ1v) is 11.3. The molecule has 0 aromatic carbocycles. The fourth-order valence-electron chi connectivity index (χ4n) is 3.80. The van der Waals surface area contributed by atoms with Crippen molar-refractivity contribution in [3.8, 4) is 0 Å². The summed E-state index contributed by atoms with van der Waals surface area (Å²) < 4.78 is 11.9. The van der Waals surface area contributed by atoms with Crippen LogP contribution >= 0.6 is 23.1 Å². The second-order valence-corrected chi connectivity index (χ2v) is 9.16. The topological polar surface area (TPSA) is 110 Å². The van der Waals surface area contributed by atoms with Gasteiger partial charge < -0.3 is 14.6 Å². The molecule has 4 heterocycles. The predicted octanol–water partition coefficient (Wildman–Crippen LogP) is 4.01. The van der Waals surface area contributed by atoms with Crippen LogP contribution in [-0.4, -0.2) is 26.9 Å². The van der Waals surface area contributed by atoms with E-state index in [4.69, 9.17) is 14.6 Å². The van der Waals surface area contributed by atoms with E-state index in [1.54, 1.807) is 17.5 Å². The maximum atomic E-state index is 13.2. The van der Waals surface area contributed by atoms with E-state index in [1.807, 2.05) is 30.3 Å². The number of aromatic nitrogens is 2. The molecular formula is C20H19N5O3S2. The van der Waals surface area contributed by atoms with Gasteiger partial charge in [0.15, 0.2) is 4.34 Å². The molecule has 3 aromatic rings. The summed E-state index contributed by atoms with van der Waals surface area (Å²) in [5.74, 6) is 1.69. The minimum Gasteiger partial charge on any atom is -0.467 e. The van der Waals surface area contributed by atoms with Crippen LogP contribution in [0.2, 0.25) is 0 Å². The van der Waals surface area contributed by atoms with Gasteiger partial charge in [-0.2, -0.15) is 0 Å². The minimum absolute atomic E-state index is 0.0677. The fraction of sp³-hybridized carbons (Fsp3) is 0.250. The molecule has 0 saturated heterocycles. The van der Waals surface area contributed by atoms with E-state index in [-0.39, 0.29) is 17.7 Å². The minimum atomic E-state index is -0.275. The highest BCUT2D eigenvalue weighted by atomic mass is 32.2. The molecule has 2 aliphatic rings. The summed E-state index contributed by atoms with van der Waals surface area (Å²) in [4.78, 5) is 13.2. The Hall–Kier alpha value is -2.98. The number of hydrogen-bond donors (Lipinski definition) is 2. The molecule has 0 bridgehead atoms. The van der Waals surface area contributed by atoms with E-state index in [1.165, 1.54) is 23.1 Å². The molecule has 0 spiro atoms. The third-order valence-corrected chi connectivity index (χ3v) is 6.91. The average Bonchev–Trinajstić information content (AvgIpc) is 3.52. The number of nitrogen functional groups attached to an aromatic ring is 1. The fourth-order valence-corrected chi connectivity index (χ4v) is 5.29. The first-order valence-electron chi connectivity index (χ1n) is 9.50. The molecule has 0 radical (unpaired) electrons. The van der Waals surface area contributed by atoms with Crippen molar-refractivity contribution in [1.29, 1.82) is 0 Å². The van der Waals surface area contributed by atoms with Gasteiger partial charge in [0.05, 0.1) is 24.0 Å². The number of nitrogens with one attached hydrogen (secondary N) is 1. The molecule has 3 aromatic heterocycles. The third-order valence-electron chi connectivity index (χ3n) is 5.04. The molecule has 1 aliphatic carbocycles. The monoisotopic (exact) mass is 441 g/mol. The van der Waals surface area contributed by atoms with E-state index < -0.39 is 0 Å². The number of carbonyl (C=O) groups is 1. The van der Waals surface area contributed by atoms with Gasteiger partial charge in [-0.1, -0.05) is 23.1 Å². The van der Waals surface area contributed by atoms with Crippen LogP contribution in [0.1, 0.15) is 36.8 Å². The van der Waals surface area contributed by atoms with Crippen LogP contribution in [-0.2, 0) is 4.79 Å². The zero-order chi connectivity index (χ0) is 20.5. The molecule has 3 N–H and O–H groups in total. The quantitative estimate of drug-likeness (QED) is 0.572. The summed E-state index contributed by atoms with van der Waals surface area (Å²) in [7, 11) is 0. The zero-order valence-corrected chi connectivity index (χ0v) is 17.5. The Kier molecular flexibility index (Phi) is 5.09. The van der Waals surface area contributed by atoms with Crippen LogP contribution < -0.4 is 11.2 Å². The molecule has 8 nitrogen and oxygen atoms in total. The maximum Gasteiger partial charge on any atom is 0.252 e. The summed E-state index contributed by atoms with van der Waals surface area (Å²) in [5, 5.41) is 9.83. The lowest BCUT2D eigenvalue weighted by molar-refractivity contribution is -0.132. The Bertz CT molecular complexity index is 1100. The van der Waals surface area contributed by atoms with Crippen molar-refractivity contribution in [2.24, 2.45) is 0 Å². The summed E-state index contributed by atoms with van der Waals surface area (Å²) in [6.45, 7) is 0. The van der Waals surface area contributed by atoms with Crippen LogP contribution in [0.4, 0.5) is 5.13 Å². The number of anilines is 1. The molecule has 10 heteroatoms. The van der Waals surface area contributed by atoms with Crippen molar-refractivity contribution in [2.45, 2.75) is 29.6 Å². The molecule has 154 valence electrons. The lowest BCUT2D eigenvalue weighted by Gasteiger charge is -2.24. The molecule has 1 aliphatic heterocycles. The Morgan fingerprint density at radius 1 is 1.30 bits per heavy atom. The highest BCUT2D eigenvalue weighted by Crippen LogP contribution is 2.44. The number of carbonyl (C=O) groups excluding carboxylic acids is 1. The molecule has 0 saturated carbocycles. The molecule has 1 atom stereocenters. The second-order valence-electron chi connectivity index (χ2n) is 6.93. The van der Waals surface area contributed by atoms with Gasteiger partial charge in [-0.05, 0) is 60.8 Å². The largest absolute Gasteiger partial charge is 0.467 e. The number of rotatable bonds is 5. The van der Waals surface area contributed by atoms with Crippen molar-refractivity contribution in [1.82, 2.24) is 20.6 Å². The number of nitrogens with two attached hydrogens (primary N) is 1. The number of furan rings is 2. The Morgan fingerprint density at radius 2 is 2.17 bits per heavy atom. The highest BCUT2D eigenvalue weighted by molar-refractivity contribution is 8.01. The third kappa shape index (κ3) is 3.63. The maximum absolute atomic E-state index is 13.2. The van der Waals surface area contributed by atoms with Crippen molar-refractivity contribution in [2.75, 3.05) is 11.5 Å². The number of hydrogen-bond acceptors (Lipinski definition) is 9.